The zero-order chi connectivity index (χ0) is 14.8. The zero-order valence-electron chi connectivity index (χ0n) is 12.3. The fraction of sp³-hybridized carbons (Fsp3) is 0.562. The maximum atomic E-state index is 11.8. The Morgan fingerprint density at radius 2 is 2.05 bits per heavy atom. The Morgan fingerprint density at radius 3 is 2.70 bits per heavy atom. The SMILES string of the molecule is CCC(O)CCNCC(C)C(=O)OCc1ccccc1. The number of hydrogen-bond donors (Lipinski definition) is 2. The Hall–Kier alpha value is -1.39. The lowest BCUT2D eigenvalue weighted by Gasteiger charge is -2.13. The van der Waals surface area contributed by atoms with Gasteiger partial charge in [0.1, 0.15) is 6.61 Å². The molecule has 0 saturated heterocycles. The zero-order valence-corrected chi connectivity index (χ0v) is 12.3. The third-order valence-corrected chi connectivity index (χ3v) is 3.20. The molecule has 0 fully saturated rings. The smallest absolute Gasteiger partial charge is 0.310 e. The van der Waals surface area contributed by atoms with Gasteiger partial charge in [-0.1, -0.05) is 44.2 Å². The van der Waals surface area contributed by atoms with E-state index in [1.807, 2.05) is 44.2 Å². The van der Waals surface area contributed by atoms with Gasteiger partial charge in [0, 0.05) is 6.54 Å². The number of nitrogens with one attached hydrogen (secondary N) is 1. The van der Waals surface area contributed by atoms with Crippen LogP contribution >= 0.6 is 0 Å². The largest absolute Gasteiger partial charge is 0.461 e. The third-order valence-electron chi connectivity index (χ3n) is 3.20. The highest BCUT2D eigenvalue weighted by molar-refractivity contribution is 5.72. The van der Waals surface area contributed by atoms with Crippen LogP contribution in [0.1, 0.15) is 32.3 Å². The van der Waals surface area contributed by atoms with Gasteiger partial charge in [-0.15, -0.1) is 0 Å². The first-order chi connectivity index (χ1) is 9.63. The molecular formula is C16H25NO3. The molecule has 1 aromatic carbocycles. The summed E-state index contributed by atoms with van der Waals surface area (Å²) < 4.78 is 5.26. The van der Waals surface area contributed by atoms with Crippen LogP contribution in [0.15, 0.2) is 30.3 Å². The lowest BCUT2D eigenvalue weighted by Crippen LogP contribution is -2.29. The van der Waals surface area contributed by atoms with E-state index in [0.29, 0.717) is 26.1 Å². The maximum absolute atomic E-state index is 11.8. The molecule has 2 N–H and O–H groups in total. The van der Waals surface area contributed by atoms with Crippen LogP contribution in [0.2, 0.25) is 0 Å². The van der Waals surface area contributed by atoms with E-state index in [2.05, 4.69) is 5.32 Å². The second-order valence-electron chi connectivity index (χ2n) is 5.05. The molecular weight excluding hydrogens is 254 g/mol. The third kappa shape index (κ3) is 6.68. The van der Waals surface area contributed by atoms with E-state index >= 15 is 0 Å². The second-order valence-corrected chi connectivity index (χ2v) is 5.05. The molecule has 0 aliphatic rings. The lowest BCUT2D eigenvalue weighted by molar-refractivity contribution is -0.149. The quantitative estimate of drug-likeness (QED) is 0.537. The highest BCUT2D eigenvalue weighted by atomic mass is 16.5. The van der Waals surface area contributed by atoms with E-state index in [0.717, 1.165) is 12.0 Å². The molecule has 4 nitrogen and oxygen atoms in total. The van der Waals surface area contributed by atoms with Gasteiger partial charge in [0.05, 0.1) is 12.0 Å². The van der Waals surface area contributed by atoms with Crippen LogP contribution in [0.25, 0.3) is 0 Å². The summed E-state index contributed by atoms with van der Waals surface area (Å²) >= 11 is 0. The molecule has 0 aromatic heterocycles. The molecule has 0 aliphatic heterocycles. The molecule has 0 heterocycles. The van der Waals surface area contributed by atoms with Crippen molar-refractivity contribution in [3.63, 3.8) is 0 Å². The highest BCUT2D eigenvalue weighted by Crippen LogP contribution is 2.04. The predicted octanol–water partition coefficient (Wildman–Crippen LogP) is 2.12. The number of ether oxygens (including phenoxy) is 1. The summed E-state index contributed by atoms with van der Waals surface area (Å²) in [5.41, 5.74) is 0.993. The van der Waals surface area contributed by atoms with E-state index in [9.17, 15) is 9.90 Å². The minimum atomic E-state index is -0.261. The number of rotatable bonds is 9. The summed E-state index contributed by atoms with van der Waals surface area (Å²) in [4.78, 5) is 11.8. The molecule has 1 aromatic rings. The molecule has 0 aliphatic carbocycles. The molecule has 1 rings (SSSR count). The van der Waals surface area contributed by atoms with Crippen molar-refractivity contribution in [1.29, 1.82) is 0 Å². The topological polar surface area (TPSA) is 58.6 Å². The monoisotopic (exact) mass is 279 g/mol. The standard InChI is InChI=1S/C16H25NO3/c1-3-15(18)9-10-17-11-13(2)16(19)20-12-14-7-5-4-6-8-14/h4-8,13,15,17-18H,3,9-12H2,1-2H3. The van der Waals surface area contributed by atoms with Gasteiger partial charge in [0.25, 0.3) is 0 Å². The first-order valence-electron chi connectivity index (χ1n) is 7.22. The number of aliphatic hydroxyl groups is 1. The molecule has 0 bridgehead atoms. The summed E-state index contributed by atoms with van der Waals surface area (Å²) in [6.45, 7) is 5.40. The van der Waals surface area contributed by atoms with Crippen molar-refractivity contribution in [2.24, 2.45) is 5.92 Å². The van der Waals surface area contributed by atoms with E-state index in [-0.39, 0.29) is 18.0 Å². The Bertz CT molecular complexity index is 381. The van der Waals surface area contributed by atoms with Gasteiger partial charge in [-0.25, -0.2) is 0 Å². The summed E-state index contributed by atoms with van der Waals surface area (Å²) in [7, 11) is 0. The molecule has 4 heteroatoms. The summed E-state index contributed by atoms with van der Waals surface area (Å²) in [5.74, 6) is -0.380. The van der Waals surface area contributed by atoms with Crippen LogP contribution in [-0.4, -0.2) is 30.3 Å². The summed E-state index contributed by atoms with van der Waals surface area (Å²) in [6.07, 6.45) is 1.21. The van der Waals surface area contributed by atoms with E-state index in [4.69, 9.17) is 4.74 Å². The molecule has 0 spiro atoms. The molecule has 0 radical (unpaired) electrons. The van der Waals surface area contributed by atoms with Gasteiger partial charge in [0.2, 0.25) is 0 Å². The first kappa shape index (κ1) is 16.7. The number of esters is 1. The molecule has 2 unspecified atom stereocenters. The van der Waals surface area contributed by atoms with Crippen LogP contribution in [0.5, 0.6) is 0 Å². The first-order valence-corrected chi connectivity index (χ1v) is 7.22. The van der Waals surface area contributed by atoms with Gasteiger partial charge in [-0.3, -0.25) is 4.79 Å². The van der Waals surface area contributed by atoms with Gasteiger partial charge < -0.3 is 15.2 Å². The van der Waals surface area contributed by atoms with Gasteiger partial charge in [-0.2, -0.15) is 0 Å². The number of benzene rings is 1. The van der Waals surface area contributed by atoms with Gasteiger partial charge >= 0.3 is 5.97 Å². The fourth-order valence-electron chi connectivity index (χ4n) is 1.75. The van der Waals surface area contributed by atoms with Crippen LogP contribution in [-0.2, 0) is 16.1 Å². The van der Waals surface area contributed by atoms with Gasteiger partial charge in [0.15, 0.2) is 0 Å². The van der Waals surface area contributed by atoms with Gasteiger partial charge in [-0.05, 0) is 24.9 Å². The van der Waals surface area contributed by atoms with Crippen molar-refractivity contribution in [2.75, 3.05) is 13.1 Å². The van der Waals surface area contributed by atoms with Crippen LogP contribution < -0.4 is 5.32 Å². The summed E-state index contributed by atoms with van der Waals surface area (Å²) in [5, 5.41) is 12.6. The van der Waals surface area contributed by atoms with Crippen LogP contribution in [0.3, 0.4) is 0 Å². The minimum Gasteiger partial charge on any atom is -0.461 e. The molecule has 20 heavy (non-hydrogen) atoms. The maximum Gasteiger partial charge on any atom is 0.310 e. The number of carbonyl (C=O) groups is 1. The normalized spacial score (nSPS) is 13.8. The van der Waals surface area contributed by atoms with Crippen molar-refractivity contribution in [3.8, 4) is 0 Å². The van der Waals surface area contributed by atoms with E-state index < -0.39 is 0 Å². The van der Waals surface area contributed by atoms with Crippen LogP contribution in [0.4, 0.5) is 0 Å². The number of aliphatic hydroxyl groups excluding tert-OH is 1. The van der Waals surface area contributed by atoms with Crippen molar-refractivity contribution in [1.82, 2.24) is 5.32 Å². The Labute approximate surface area is 121 Å². The Morgan fingerprint density at radius 1 is 1.35 bits per heavy atom. The minimum absolute atomic E-state index is 0.183. The molecule has 2 atom stereocenters. The van der Waals surface area contributed by atoms with Crippen molar-refractivity contribution < 1.29 is 14.6 Å². The fourth-order valence-corrected chi connectivity index (χ4v) is 1.75. The molecule has 0 amide bonds. The summed E-state index contributed by atoms with van der Waals surface area (Å²) in [6, 6.07) is 9.65. The number of carbonyl (C=O) groups excluding carboxylic acids is 1. The predicted molar refractivity (Wildman–Crippen MR) is 79.2 cm³/mol. The Balaban J connectivity index is 2.16. The molecule has 112 valence electrons. The number of hydrogen-bond acceptors (Lipinski definition) is 4. The average Bonchev–Trinajstić information content (AvgIpc) is 2.49. The Kier molecular flexibility index (Phi) is 7.92. The van der Waals surface area contributed by atoms with Crippen molar-refractivity contribution >= 4 is 5.97 Å². The highest BCUT2D eigenvalue weighted by Gasteiger charge is 2.14. The molecule has 0 saturated carbocycles. The van der Waals surface area contributed by atoms with Crippen molar-refractivity contribution in [3.05, 3.63) is 35.9 Å². The van der Waals surface area contributed by atoms with Crippen molar-refractivity contribution in [2.45, 2.75) is 39.4 Å². The van der Waals surface area contributed by atoms with E-state index in [1.54, 1.807) is 0 Å². The van der Waals surface area contributed by atoms with E-state index in [1.165, 1.54) is 0 Å². The lowest BCUT2D eigenvalue weighted by atomic mass is 10.1. The van der Waals surface area contributed by atoms with Crippen LogP contribution in [0, 0.1) is 5.92 Å². The second kappa shape index (κ2) is 9.50. The average molecular weight is 279 g/mol.